The van der Waals surface area contributed by atoms with Crippen LogP contribution in [0, 0.1) is 0 Å². The molecular weight excluding hydrogens is 378 g/mol. The molecule has 3 rings (SSSR count). The van der Waals surface area contributed by atoms with Gasteiger partial charge in [0.25, 0.3) is 5.91 Å². The highest BCUT2D eigenvalue weighted by Gasteiger charge is 2.14. The number of carbonyl (C=O) groups excluding carboxylic acids is 2. The summed E-state index contributed by atoms with van der Waals surface area (Å²) in [6, 6.07) is 23.8. The van der Waals surface area contributed by atoms with E-state index in [1.54, 1.807) is 36.2 Å². The predicted molar refractivity (Wildman–Crippen MR) is 120 cm³/mol. The highest BCUT2D eigenvalue weighted by atomic mass is 16.5. The summed E-state index contributed by atoms with van der Waals surface area (Å²) in [5.74, 6) is 0.296. The summed E-state index contributed by atoms with van der Waals surface area (Å²) in [5, 5.41) is 5.91. The minimum Gasteiger partial charge on any atom is -0.492 e. The molecule has 0 aromatic heterocycles. The summed E-state index contributed by atoms with van der Waals surface area (Å²) in [5.41, 5.74) is 2.66. The fraction of sp³-hybridized carbons (Fsp3) is 0.167. The van der Waals surface area contributed by atoms with Gasteiger partial charge >= 0.3 is 0 Å². The third-order valence-electron chi connectivity index (χ3n) is 4.47. The van der Waals surface area contributed by atoms with Crippen LogP contribution < -0.4 is 20.3 Å². The lowest BCUT2D eigenvalue weighted by molar-refractivity contribution is -0.114. The van der Waals surface area contributed by atoms with Gasteiger partial charge in [0.05, 0.1) is 18.8 Å². The highest BCUT2D eigenvalue weighted by molar-refractivity contribution is 6.06. The van der Waals surface area contributed by atoms with Crippen LogP contribution in [-0.2, 0) is 4.79 Å². The van der Waals surface area contributed by atoms with Gasteiger partial charge < -0.3 is 20.3 Å². The Morgan fingerprint density at radius 2 is 1.67 bits per heavy atom. The second-order valence-corrected chi connectivity index (χ2v) is 6.61. The molecule has 0 aliphatic heterocycles. The average Bonchev–Trinajstić information content (AvgIpc) is 2.79. The Hall–Kier alpha value is -3.80. The quantitative estimate of drug-likeness (QED) is 0.584. The van der Waals surface area contributed by atoms with Crippen molar-refractivity contribution in [1.29, 1.82) is 0 Å². The van der Waals surface area contributed by atoms with Crippen molar-refractivity contribution in [2.75, 3.05) is 35.7 Å². The number of hydrogen-bond acceptors (Lipinski definition) is 4. The first-order chi connectivity index (χ1) is 14.6. The van der Waals surface area contributed by atoms with Crippen LogP contribution in [0.15, 0.2) is 78.9 Å². The number of para-hydroxylation sites is 3. The molecule has 154 valence electrons. The zero-order valence-corrected chi connectivity index (χ0v) is 17.1. The summed E-state index contributed by atoms with van der Waals surface area (Å²) in [6.07, 6.45) is 0. The minimum atomic E-state index is -0.208. The largest absolute Gasteiger partial charge is 0.492 e. The molecule has 0 fully saturated rings. The molecule has 2 N–H and O–H groups in total. The molecule has 0 aliphatic carbocycles. The van der Waals surface area contributed by atoms with Crippen LogP contribution in [0.4, 0.5) is 17.1 Å². The normalized spacial score (nSPS) is 10.2. The highest BCUT2D eigenvalue weighted by Crippen LogP contribution is 2.23. The van der Waals surface area contributed by atoms with Gasteiger partial charge in [-0.1, -0.05) is 36.4 Å². The summed E-state index contributed by atoms with van der Waals surface area (Å²) in [4.78, 5) is 26.7. The Balaban J connectivity index is 1.62. The number of nitrogens with zero attached hydrogens (tertiary/aromatic N) is 1. The third-order valence-corrected chi connectivity index (χ3v) is 4.47. The molecule has 6 nitrogen and oxygen atoms in total. The van der Waals surface area contributed by atoms with Crippen molar-refractivity contribution in [3.8, 4) is 5.75 Å². The van der Waals surface area contributed by atoms with E-state index in [-0.39, 0.29) is 18.4 Å². The smallest absolute Gasteiger partial charge is 0.258 e. The zero-order valence-electron chi connectivity index (χ0n) is 17.1. The molecule has 0 heterocycles. The van der Waals surface area contributed by atoms with Crippen molar-refractivity contribution < 1.29 is 14.3 Å². The molecule has 2 amide bonds. The van der Waals surface area contributed by atoms with E-state index in [4.69, 9.17) is 4.74 Å². The number of hydrogen-bond donors (Lipinski definition) is 2. The van der Waals surface area contributed by atoms with Gasteiger partial charge in [-0.15, -0.1) is 0 Å². The number of nitrogens with one attached hydrogen (secondary N) is 2. The molecule has 0 atom stereocenters. The molecular formula is C24H25N3O3. The molecule has 3 aromatic rings. The molecule has 0 aliphatic rings. The second-order valence-electron chi connectivity index (χ2n) is 6.61. The van der Waals surface area contributed by atoms with E-state index in [9.17, 15) is 9.59 Å². The van der Waals surface area contributed by atoms with Crippen molar-refractivity contribution in [3.63, 3.8) is 0 Å². The number of ether oxygens (including phenoxy) is 1. The number of carbonyl (C=O) groups is 2. The molecule has 0 spiro atoms. The Bertz CT molecular complexity index is 1010. The van der Waals surface area contributed by atoms with Crippen LogP contribution in [0.25, 0.3) is 0 Å². The topological polar surface area (TPSA) is 70.7 Å². The number of benzene rings is 3. The van der Waals surface area contributed by atoms with Gasteiger partial charge in [0.1, 0.15) is 5.75 Å². The van der Waals surface area contributed by atoms with E-state index in [1.165, 1.54) is 0 Å². The average molecular weight is 403 g/mol. The Kier molecular flexibility index (Phi) is 7.05. The maximum absolute atomic E-state index is 12.8. The van der Waals surface area contributed by atoms with Crippen LogP contribution in [0.3, 0.4) is 0 Å². The second kappa shape index (κ2) is 10.1. The van der Waals surface area contributed by atoms with E-state index < -0.39 is 0 Å². The molecule has 0 radical (unpaired) electrons. The van der Waals surface area contributed by atoms with Crippen LogP contribution >= 0.6 is 0 Å². The summed E-state index contributed by atoms with van der Waals surface area (Å²) >= 11 is 0. The van der Waals surface area contributed by atoms with Crippen molar-refractivity contribution in [3.05, 3.63) is 84.4 Å². The van der Waals surface area contributed by atoms with Gasteiger partial charge in [-0.2, -0.15) is 0 Å². The molecule has 0 bridgehead atoms. The maximum atomic E-state index is 12.8. The van der Waals surface area contributed by atoms with Crippen molar-refractivity contribution in [1.82, 2.24) is 0 Å². The number of anilines is 3. The molecule has 6 heteroatoms. The lowest BCUT2D eigenvalue weighted by Gasteiger charge is -2.18. The van der Waals surface area contributed by atoms with Gasteiger partial charge in [-0.25, -0.2) is 0 Å². The number of rotatable bonds is 8. The standard InChI is InChI=1S/C24H25N3O3/c1-3-30-22-15-8-7-14-21(22)26-23(28)17-25-19-11-9-10-18(16-19)24(29)27(2)20-12-5-4-6-13-20/h4-16,25H,3,17H2,1-2H3,(H,26,28). The molecule has 3 aromatic carbocycles. The lowest BCUT2D eigenvalue weighted by Crippen LogP contribution is -2.26. The lowest BCUT2D eigenvalue weighted by atomic mass is 10.1. The number of amides is 2. The van der Waals surface area contributed by atoms with E-state index in [0.29, 0.717) is 29.3 Å². The summed E-state index contributed by atoms with van der Waals surface area (Å²) in [7, 11) is 1.74. The first kappa shape index (κ1) is 20.9. The monoisotopic (exact) mass is 403 g/mol. The fourth-order valence-electron chi connectivity index (χ4n) is 2.95. The predicted octanol–water partition coefficient (Wildman–Crippen LogP) is 4.41. The van der Waals surface area contributed by atoms with E-state index in [1.807, 2.05) is 61.5 Å². The van der Waals surface area contributed by atoms with Crippen LogP contribution in [0.2, 0.25) is 0 Å². The van der Waals surface area contributed by atoms with Crippen molar-refractivity contribution in [2.24, 2.45) is 0 Å². The Labute approximate surface area is 176 Å². The zero-order chi connectivity index (χ0) is 21.3. The van der Waals surface area contributed by atoms with Gasteiger partial charge in [-0.05, 0) is 49.4 Å². The SMILES string of the molecule is CCOc1ccccc1NC(=O)CNc1cccc(C(=O)N(C)c2ccccc2)c1. The molecule has 0 unspecified atom stereocenters. The maximum Gasteiger partial charge on any atom is 0.258 e. The first-order valence-electron chi connectivity index (χ1n) is 9.77. The van der Waals surface area contributed by atoms with Gasteiger partial charge in [0, 0.05) is 24.0 Å². The van der Waals surface area contributed by atoms with Crippen LogP contribution in [0.1, 0.15) is 17.3 Å². The summed E-state index contributed by atoms with van der Waals surface area (Å²) in [6.45, 7) is 2.47. The first-order valence-corrected chi connectivity index (χ1v) is 9.77. The molecule has 0 saturated carbocycles. The van der Waals surface area contributed by atoms with Crippen molar-refractivity contribution in [2.45, 2.75) is 6.92 Å². The minimum absolute atomic E-state index is 0.0621. The Morgan fingerprint density at radius 3 is 2.43 bits per heavy atom. The van der Waals surface area contributed by atoms with E-state index in [0.717, 1.165) is 5.69 Å². The fourth-order valence-corrected chi connectivity index (χ4v) is 2.95. The third kappa shape index (κ3) is 5.38. The summed E-state index contributed by atoms with van der Waals surface area (Å²) < 4.78 is 5.52. The van der Waals surface area contributed by atoms with E-state index >= 15 is 0 Å². The van der Waals surface area contributed by atoms with Crippen molar-refractivity contribution >= 4 is 28.9 Å². The van der Waals surface area contributed by atoms with Gasteiger partial charge in [0.15, 0.2) is 0 Å². The van der Waals surface area contributed by atoms with Crippen LogP contribution in [0.5, 0.6) is 5.75 Å². The molecule has 30 heavy (non-hydrogen) atoms. The van der Waals surface area contributed by atoms with Gasteiger partial charge in [-0.3, -0.25) is 9.59 Å². The van der Waals surface area contributed by atoms with E-state index in [2.05, 4.69) is 10.6 Å². The van der Waals surface area contributed by atoms with Crippen LogP contribution in [-0.4, -0.2) is 32.0 Å². The van der Waals surface area contributed by atoms with Gasteiger partial charge in [0.2, 0.25) is 5.91 Å². The molecule has 0 saturated heterocycles. The Morgan fingerprint density at radius 1 is 0.933 bits per heavy atom.